The van der Waals surface area contributed by atoms with Crippen molar-refractivity contribution in [2.24, 2.45) is 0 Å². The molecule has 1 rings (SSSR count). The Morgan fingerprint density at radius 3 is 2.79 bits per heavy atom. The van der Waals surface area contributed by atoms with Crippen LogP contribution >= 0.6 is 15.9 Å². The zero-order valence-corrected chi connectivity index (χ0v) is 8.41. The maximum absolute atomic E-state index is 13.3. The van der Waals surface area contributed by atoms with Gasteiger partial charge in [-0.25, -0.2) is 4.39 Å². The van der Waals surface area contributed by atoms with Gasteiger partial charge < -0.3 is 0 Å². The minimum Gasteiger partial charge on any atom is -0.258 e. The number of hydrogen-bond acceptors (Lipinski definition) is 3. The van der Waals surface area contributed by atoms with Crippen LogP contribution in [0.15, 0.2) is 16.6 Å². The van der Waals surface area contributed by atoms with Crippen LogP contribution in [0, 0.1) is 27.3 Å². The van der Waals surface area contributed by atoms with E-state index in [2.05, 4.69) is 15.9 Å². The van der Waals surface area contributed by atoms with Gasteiger partial charge in [0.2, 0.25) is 0 Å². The van der Waals surface area contributed by atoms with E-state index < -0.39 is 10.7 Å². The number of nitrogens with zero attached hydrogens (tertiary/aromatic N) is 2. The molecule has 0 N–H and O–H groups in total. The number of nitriles is 1. The lowest BCUT2D eigenvalue weighted by molar-refractivity contribution is -0.385. The van der Waals surface area contributed by atoms with Crippen molar-refractivity contribution in [2.75, 3.05) is 0 Å². The summed E-state index contributed by atoms with van der Waals surface area (Å²) in [4.78, 5) is 9.77. The van der Waals surface area contributed by atoms with E-state index in [-0.39, 0.29) is 22.1 Å². The molecule has 0 aliphatic rings. The van der Waals surface area contributed by atoms with Gasteiger partial charge in [0.1, 0.15) is 5.82 Å². The van der Waals surface area contributed by atoms with Crippen molar-refractivity contribution in [3.63, 3.8) is 0 Å². The van der Waals surface area contributed by atoms with Crippen molar-refractivity contribution in [1.82, 2.24) is 0 Å². The molecule has 0 amide bonds. The maximum atomic E-state index is 13.3. The highest BCUT2D eigenvalue weighted by Crippen LogP contribution is 2.27. The molecule has 0 atom stereocenters. The summed E-state index contributed by atoms with van der Waals surface area (Å²) in [6.07, 6.45) is -0.318. The second-order valence-electron chi connectivity index (χ2n) is 2.45. The van der Waals surface area contributed by atoms with Crippen molar-refractivity contribution in [1.29, 1.82) is 5.26 Å². The highest BCUT2D eigenvalue weighted by atomic mass is 79.9. The lowest BCUT2D eigenvalue weighted by atomic mass is 10.1. The second kappa shape index (κ2) is 4.15. The van der Waals surface area contributed by atoms with Crippen LogP contribution in [0.2, 0.25) is 0 Å². The van der Waals surface area contributed by atoms with Gasteiger partial charge in [-0.05, 0) is 22.0 Å². The predicted octanol–water partition coefficient (Wildman–Crippen LogP) is 2.56. The van der Waals surface area contributed by atoms with Gasteiger partial charge in [0.15, 0.2) is 0 Å². The Balaban J connectivity index is 3.39. The van der Waals surface area contributed by atoms with Crippen LogP contribution in [0.3, 0.4) is 0 Å². The van der Waals surface area contributed by atoms with Crippen molar-refractivity contribution in [3.05, 3.63) is 38.1 Å². The lowest BCUT2D eigenvalue weighted by Gasteiger charge is -2.01. The van der Waals surface area contributed by atoms with E-state index >= 15 is 0 Å². The van der Waals surface area contributed by atoms with Gasteiger partial charge in [-0.1, -0.05) is 0 Å². The lowest BCUT2D eigenvalue weighted by Crippen LogP contribution is -1.98. The van der Waals surface area contributed by atoms with E-state index in [0.717, 1.165) is 0 Å². The number of hydrogen-bond donors (Lipinski definition) is 0. The first kappa shape index (κ1) is 10.6. The molecule has 0 radical (unpaired) electrons. The third kappa shape index (κ3) is 1.88. The average Bonchev–Trinajstić information content (AvgIpc) is 2.13. The topological polar surface area (TPSA) is 66.9 Å². The fourth-order valence-corrected chi connectivity index (χ4v) is 1.37. The van der Waals surface area contributed by atoms with Gasteiger partial charge in [0.25, 0.3) is 5.69 Å². The summed E-state index contributed by atoms with van der Waals surface area (Å²) in [5.74, 6) is -0.749. The standard InChI is InChI=1S/C8H4BrFN2O2/c9-6-1-2-7(12(13)14)5(3-4-11)8(6)10/h1-2H,3H2. The number of benzene rings is 1. The smallest absolute Gasteiger partial charge is 0.258 e. The molecule has 72 valence electrons. The Morgan fingerprint density at radius 2 is 2.29 bits per heavy atom. The molecule has 4 nitrogen and oxygen atoms in total. The second-order valence-corrected chi connectivity index (χ2v) is 3.31. The summed E-state index contributed by atoms with van der Waals surface area (Å²) in [6, 6.07) is 4.09. The van der Waals surface area contributed by atoms with Crippen LogP contribution in [0.25, 0.3) is 0 Å². The number of nitro groups is 1. The molecule has 6 heteroatoms. The van der Waals surface area contributed by atoms with Gasteiger partial charge >= 0.3 is 0 Å². The van der Waals surface area contributed by atoms with Crippen LogP contribution in [0.5, 0.6) is 0 Å². The van der Waals surface area contributed by atoms with Crippen LogP contribution < -0.4 is 0 Å². The van der Waals surface area contributed by atoms with Crippen molar-refractivity contribution >= 4 is 21.6 Å². The van der Waals surface area contributed by atoms with E-state index in [1.54, 1.807) is 6.07 Å². The van der Waals surface area contributed by atoms with Gasteiger partial charge in [0.05, 0.1) is 27.4 Å². The third-order valence-corrected chi connectivity index (χ3v) is 2.24. The Hall–Kier alpha value is -1.48. The monoisotopic (exact) mass is 258 g/mol. The molecule has 1 aromatic rings. The SMILES string of the molecule is N#CCc1c([N+](=O)[O-])ccc(Br)c1F. The molecule has 0 saturated heterocycles. The van der Waals surface area contributed by atoms with Crippen molar-refractivity contribution in [3.8, 4) is 6.07 Å². The summed E-state index contributed by atoms with van der Waals surface area (Å²) in [7, 11) is 0. The number of rotatable bonds is 2. The number of nitro benzene ring substituents is 1. The van der Waals surface area contributed by atoms with Crippen LogP contribution in [-0.2, 0) is 6.42 Å². The van der Waals surface area contributed by atoms with E-state index in [1.807, 2.05) is 0 Å². The molecule has 0 aromatic heterocycles. The Labute approximate surface area is 87.2 Å². The molecule has 0 aliphatic carbocycles. The van der Waals surface area contributed by atoms with Gasteiger partial charge in [-0.2, -0.15) is 5.26 Å². The molecule has 0 fully saturated rings. The maximum Gasteiger partial charge on any atom is 0.276 e. The largest absolute Gasteiger partial charge is 0.276 e. The normalized spacial score (nSPS) is 9.50. The summed E-state index contributed by atoms with van der Waals surface area (Å²) in [5, 5.41) is 18.9. The molecule has 0 aliphatic heterocycles. The number of halogens is 2. The minimum atomic E-state index is -0.749. The Morgan fingerprint density at radius 1 is 1.64 bits per heavy atom. The van der Waals surface area contributed by atoms with E-state index in [4.69, 9.17) is 5.26 Å². The average molecular weight is 259 g/mol. The molecule has 14 heavy (non-hydrogen) atoms. The zero-order chi connectivity index (χ0) is 10.7. The Bertz CT molecular complexity index is 428. The van der Waals surface area contributed by atoms with Crippen molar-refractivity contribution < 1.29 is 9.31 Å². The summed E-state index contributed by atoms with van der Waals surface area (Å²) in [5.41, 5.74) is -0.556. The van der Waals surface area contributed by atoms with Crippen LogP contribution in [0.1, 0.15) is 5.56 Å². The van der Waals surface area contributed by atoms with E-state index in [9.17, 15) is 14.5 Å². The zero-order valence-electron chi connectivity index (χ0n) is 6.83. The highest BCUT2D eigenvalue weighted by molar-refractivity contribution is 9.10. The molecular weight excluding hydrogens is 255 g/mol. The minimum absolute atomic E-state index is 0.119. The first-order valence-electron chi connectivity index (χ1n) is 3.56. The molecule has 0 spiro atoms. The summed E-state index contributed by atoms with van der Waals surface area (Å²) in [6.45, 7) is 0. The molecule has 0 bridgehead atoms. The van der Waals surface area contributed by atoms with E-state index in [1.165, 1.54) is 12.1 Å². The predicted molar refractivity (Wildman–Crippen MR) is 50.1 cm³/mol. The fourth-order valence-electron chi connectivity index (χ4n) is 1.00. The van der Waals surface area contributed by atoms with Gasteiger partial charge in [0, 0.05) is 6.07 Å². The van der Waals surface area contributed by atoms with E-state index in [0.29, 0.717) is 0 Å². The van der Waals surface area contributed by atoms with Crippen LogP contribution in [0.4, 0.5) is 10.1 Å². The molecule has 0 heterocycles. The Kier molecular flexibility index (Phi) is 3.14. The highest BCUT2D eigenvalue weighted by Gasteiger charge is 2.19. The third-order valence-electron chi connectivity index (χ3n) is 1.62. The summed E-state index contributed by atoms with van der Waals surface area (Å²) >= 11 is 2.89. The quantitative estimate of drug-likeness (QED) is 0.605. The van der Waals surface area contributed by atoms with Crippen molar-refractivity contribution in [2.45, 2.75) is 6.42 Å². The molecule has 0 unspecified atom stereocenters. The molecular formula is C8H4BrFN2O2. The first-order chi connectivity index (χ1) is 6.57. The van der Waals surface area contributed by atoms with Gasteiger partial charge in [-0.15, -0.1) is 0 Å². The fraction of sp³-hybridized carbons (Fsp3) is 0.125. The molecule has 1 aromatic carbocycles. The first-order valence-corrected chi connectivity index (χ1v) is 4.35. The molecule has 0 saturated carbocycles. The summed E-state index contributed by atoms with van der Waals surface area (Å²) < 4.78 is 13.4. The van der Waals surface area contributed by atoms with Crippen LogP contribution in [-0.4, -0.2) is 4.92 Å². The van der Waals surface area contributed by atoms with Gasteiger partial charge in [-0.3, -0.25) is 10.1 Å².